The van der Waals surface area contributed by atoms with Gasteiger partial charge in [-0.1, -0.05) is 44.7 Å². The van der Waals surface area contributed by atoms with Gasteiger partial charge < -0.3 is 0 Å². The van der Waals surface area contributed by atoms with Gasteiger partial charge in [-0.2, -0.15) is 0 Å². The SMILES string of the molecule is C=CC1=Nc2ccccc2C(C)(C)C1C=C. The minimum atomic E-state index is 0.0314. The van der Waals surface area contributed by atoms with Gasteiger partial charge in [0.2, 0.25) is 0 Å². The first-order valence-electron chi connectivity index (χ1n) is 5.54. The zero-order chi connectivity index (χ0) is 11.8. The van der Waals surface area contributed by atoms with Gasteiger partial charge in [0.15, 0.2) is 0 Å². The van der Waals surface area contributed by atoms with Gasteiger partial charge in [-0.15, -0.1) is 6.58 Å². The van der Waals surface area contributed by atoms with Crippen LogP contribution < -0.4 is 0 Å². The third kappa shape index (κ3) is 1.44. The monoisotopic (exact) mass is 211 g/mol. The molecule has 0 aromatic heterocycles. The van der Waals surface area contributed by atoms with E-state index in [-0.39, 0.29) is 11.3 Å². The molecule has 1 nitrogen and oxygen atoms in total. The van der Waals surface area contributed by atoms with Gasteiger partial charge in [0.05, 0.1) is 5.69 Å². The topological polar surface area (TPSA) is 12.4 Å². The second-order valence-electron chi connectivity index (χ2n) is 4.69. The maximum Gasteiger partial charge on any atom is 0.0670 e. The highest BCUT2D eigenvalue weighted by Crippen LogP contribution is 2.43. The molecule has 1 aliphatic rings. The number of nitrogens with zero attached hydrogens (tertiary/aromatic N) is 1. The number of aliphatic imine (C=N–C) groups is 1. The Bertz CT molecular complexity index is 466. The molecule has 1 aromatic carbocycles. The third-order valence-electron chi connectivity index (χ3n) is 3.39. The zero-order valence-electron chi connectivity index (χ0n) is 9.90. The molecular weight excluding hydrogens is 194 g/mol. The van der Waals surface area contributed by atoms with Crippen LogP contribution >= 0.6 is 0 Å². The van der Waals surface area contributed by atoms with Crippen LogP contribution in [0.1, 0.15) is 19.4 Å². The second-order valence-corrected chi connectivity index (χ2v) is 4.69. The summed E-state index contributed by atoms with van der Waals surface area (Å²) in [5.41, 5.74) is 3.38. The molecule has 2 rings (SSSR count). The van der Waals surface area contributed by atoms with E-state index in [1.165, 1.54) is 5.56 Å². The smallest absolute Gasteiger partial charge is 0.0670 e. The van der Waals surface area contributed by atoms with E-state index in [0.717, 1.165) is 11.4 Å². The summed E-state index contributed by atoms with van der Waals surface area (Å²) in [5, 5.41) is 0. The molecule has 0 saturated heterocycles. The van der Waals surface area contributed by atoms with Crippen LogP contribution in [0, 0.1) is 5.92 Å². The summed E-state index contributed by atoms with van der Waals surface area (Å²) in [6.45, 7) is 12.2. The summed E-state index contributed by atoms with van der Waals surface area (Å²) < 4.78 is 0. The van der Waals surface area contributed by atoms with E-state index in [0.29, 0.717) is 0 Å². The summed E-state index contributed by atoms with van der Waals surface area (Å²) in [5.74, 6) is 0.236. The van der Waals surface area contributed by atoms with Crippen molar-refractivity contribution in [1.82, 2.24) is 0 Å². The maximum absolute atomic E-state index is 4.64. The molecular formula is C15H17N. The van der Waals surface area contributed by atoms with E-state index in [4.69, 9.17) is 0 Å². The van der Waals surface area contributed by atoms with Crippen LogP contribution in [-0.2, 0) is 5.41 Å². The predicted molar refractivity (Wildman–Crippen MR) is 70.4 cm³/mol. The van der Waals surface area contributed by atoms with Crippen molar-refractivity contribution in [2.24, 2.45) is 10.9 Å². The van der Waals surface area contributed by atoms with Gasteiger partial charge in [-0.05, 0) is 17.7 Å². The predicted octanol–water partition coefficient (Wildman–Crippen LogP) is 4.04. The molecule has 1 aliphatic heterocycles. The van der Waals surface area contributed by atoms with Crippen LogP contribution in [0.25, 0.3) is 0 Å². The number of rotatable bonds is 2. The summed E-state index contributed by atoms with van der Waals surface area (Å²) in [4.78, 5) is 4.64. The molecule has 0 bridgehead atoms. The lowest BCUT2D eigenvalue weighted by Crippen LogP contribution is -2.35. The Balaban J connectivity index is 2.68. The van der Waals surface area contributed by atoms with Gasteiger partial charge in [0.1, 0.15) is 0 Å². The van der Waals surface area contributed by atoms with E-state index >= 15 is 0 Å². The van der Waals surface area contributed by atoms with E-state index in [1.54, 1.807) is 0 Å². The Morgan fingerprint density at radius 3 is 2.56 bits per heavy atom. The molecule has 0 fully saturated rings. The van der Waals surface area contributed by atoms with Crippen molar-refractivity contribution in [1.29, 1.82) is 0 Å². The Morgan fingerprint density at radius 2 is 1.94 bits per heavy atom. The lowest BCUT2D eigenvalue weighted by atomic mass is 9.69. The Hall–Kier alpha value is -1.63. The highest BCUT2D eigenvalue weighted by atomic mass is 14.8. The van der Waals surface area contributed by atoms with Crippen molar-refractivity contribution in [2.45, 2.75) is 19.3 Å². The van der Waals surface area contributed by atoms with Crippen molar-refractivity contribution in [3.63, 3.8) is 0 Å². The van der Waals surface area contributed by atoms with Gasteiger partial charge in [0, 0.05) is 17.0 Å². The molecule has 0 N–H and O–H groups in total. The molecule has 0 aliphatic carbocycles. The van der Waals surface area contributed by atoms with Gasteiger partial charge >= 0.3 is 0 Å². The molecule has 1 heterocycles. The van der Waals surface area contributed by atoms with Crippen molar-refractivity contribution in [3.05, 3.63) is 55.1 Å². The molecule has 0 radical (unpaired) electrons. The lowest BCUT2D eigenvalue weighted by molar-refractivity contribution is 0.462. The molecule has 0 amide bonds. The average molecular weight is 211 g/mol. The molecule has 82 valence electrons. The molecule has 1 heteroatoms. The van der Waals surface area contributed by atoms with Crippen molar-refractivity contribution in [3.8, 4) is 0 Å². The molecule has 16 heavy (non-hydrogen) atoms. The van der Waals surface area contributed by atoms with Gasteiger partial charge in [-0.3, -0.25) is 4.99 Å². The van der Waals surface area contributed by atoms with E-state index in [9.17, 15) is 0 Å². The van der Waals surface area contributed by atoms with Crippen molar-refractivity contribution in [2.75, 3.05) is 0 Å². The zero-order valence-corrected chi connectivity index (χ0v) is 9.90. The van der Waals surface area contributed by atoms with Crippen LogP contribution in [0.5, 0.6) is 0 Å². The maximum atomic E-state index is 4.64. The third-order valence-corrected chi connectivity index (χ3v) is 3.39. The van der Waals surface area contributed by atoms with Crippen LogP contribution in [0.15, 0.2) is 54.6 Å². The lowest BCUT2D eigenvalue weighted by Gasteiger charge is -2.37. The Kier molecular flexibility index (Phi) is 2.55. The highest BCUT2D eigenvalue weighted by molar-refractivity contribution is 6.02. The molecule has 0 spiro atoms. The number of fused-ring (bicyclic) bond motifs is 1. The van der Waals surface area contributed by atoms with Crippen molar-refractivity contribution >= 4 is 11.4 Å². The fourth-order valence-electron chi connectivity index (χ4n) is 2.45. The number of hydrogen-bond acceptors (Lipinski definition) is 1. The van der Waals surface area contributed by atoms with Gasteiger partial charge in [0.25, 0.3) is 0 Å². The number of allylic oxidation sites excluding steroid dienone is 2. The number of hydrogen-bond donors (Lipinski definition) is 0. The summed E-state index contributed by atoms with van der Waals surface area (Å²) in [7, 11) is 0. The number of para-hydroxylation sites is 1. The van der Waals surface area contributed by atoms with E-state index in [2.05, 4.69) is 50.2 Å². The van der Waals surface area contributed by atoms with E-state index < -0.39 is 0 Å². The quantitative estimate of drug-likeness (QED) is 0.655. The van der Waals surface area contributed by atoms with Gasteiger partial charge in [-0.25, -0.2) is 0 Å². The summed E-state index contributed by atoms with van der Waals surface area (Å²) >= 11 is 0. The molecule has 1 aromatic rings. The first-order chi connectivity index (χ1) is 7.61. The Labute approximate surface area is 97.2 Å². The second kappa shape index (κ2) is 3.75. The standard InChI is InChI=1S/C15H17N/c1-5-11-13(6-2)16-14-10-8-7-9-12(14)15(11,3)4/h5-11H,1-2H2,3-4H3. The normalized spacial score (nSPS) is 21.9. The van der Waals surface area contributed by atoms with Crippen LogP contribution in [-0.4, -0.2) is 5.71 Å². The van der Waals surface area contributed by atoms with E-state index in [1.807, 2.05) is 18.2 Å². The largest absolute Gasteiger partial charge is 0.253 e. The van der Waals surface area contributed by atoms with Crippen molar-refractivity contribution < 1.29 is 0 Å². The van der Waals surface area contributed by atoms with Crippen LogP contribution in [0.2, 0.25) is 0 Å². The minimum Gasteiger partial charge on any atom is -0.253 e. The Morgan fingerprint density at radius 1 is 1.25 bits per heavy atom. The highest BCUT2D eigenvalue weighted by Gasteiger charge is 2.36. The molecule has 1 atom stereocenters. The summed E-state index contributed by atoms with van der Waals surface area (Å²) in [6.07, 6.45) is 3.81. The first-order valence-corrected chi connectivity index (χ1v) is 5.54. The van der Waals surface area contributed by atoms with Crippen LogP contribution in [0.4, 0.5) is 5.69 Å². The summed E-state index contributed by atoms with van der Waals surface area (Å²) in [6, 6.07) is 8.29. The fraction of sp³-hybridized carbons (Fsp3) is 0.267. The molecule has 0 saturated carbocycles. The fourth-order valence-corrected chi connectivity index (χ4v) is 2.45. The molecule has 1 unspecified atom stereocenters. The average Bonchev–Trinajstić information content (AvgIpc) is 2.28. The minimum absolute atomic E-state index is 0.0314. The number of benzene rings is 1. The first kappa shape index (κ1) is 10.9. The van der Waals surface area contributed by atoms with Crippen LogP contribution in [0.3, 0.4) is 0 Å².